The van der Waals surface area contributed by atoms with Crippen LogP contribution in [0.25, 0.3) is 10.9 Å². The third-order valence-corrected chi connectivity index (χ3v) is 6.34. The average molecular weight is 361 g/mol. The Bertz CT molecular complexity index is 949. The molecule has 4 heteroatoms. The number of hydrogen-bond donors (Lipinski definition) is 2. The summed E-state index contributed by atoms with van der Waals surface area (Å²) in [6.07, 6.45) is 3.36. The molecule has 0 bridgehead atoms. The zero-order valence-electron chi connectivity index (χ0n) is 15.9. The van der Waals surface area contributed by atoms with Gasteiger partial charge in [-0.05, 0) is 48.6 Å². The molecule has 3 heterocycles. The van der Waals surface area contributed by atoms with E-state index < -0.39 is 0 Å². The number of aromatic nitrogens is 1. The van der Waals surface area contributed by atoms with E-state index in [0.717, 1.165) is 44.8 Å². The fourth-order valence-corrected chi connectivity index (χ4v) is 4.90. The van der Waals surface area contributed by atoms with E-state index in [1.165, 1.54) is 34.1 Å². The van der Waals surface area contributed by atoms with Gasteiger partial charge in [0.25, 0.3) is 0 Å². The van der Waals surface area contributed by atoms with Crippen molar-refractivity contribution < 1.29 is 4.74 Å². The molecule has 1 unspecified atom stereocenters. The molecule has 1 spiro atoms. The summed E-state index contributed by atoms with van der Waals surface area (Å²) < 4.78 is 5.45. The first-order chi connectivity index (χ1) is 13.3. The van der Waals surface area contributed by atoms with E-state index in [0.29, 0.717) is 0 Å². The van der Waals surface area contributed by atoms with Crippen molar-refractivity contribution in [2.45, 2.75) is 24.8 Å². The summed E-state index contributed by atoms with van der Waals surface area (Å²) in [5, 5.41) is 5.19. The highest BCUT2D eigenvalue weighted by molar-refractivity contribution is 5.86. The maximum atomic E-state index is 5.45. The first-order valence-corrected chi connectivity index (χ1v) is 9.98. The summed E-state index contributed by atoms with van der Waals surface area (Å²) in [6.45, 7) is 4.40. The van der Waals surface area contributed by atoms with Crippen molar-refractivity contribution in [1.29, 1.82) is 0 Å². The largest absolute Gasteiger partial charge is 0.497 e. The zero-order chi connectivity index (χ0) is 18.3. The third kappa shape index (κ3) is 2.93. The van der Waals surface area contributed by atoms with Gasteiger partial charge in [0.05, 0.1) is 12.6 Å². The molecule has 1 aromatic heterocycles. The Kier molecular flexibility index (Phi) is 4.18. The van der Waals surface area contributed by atoms with Crippen LogP contribution in [-0.4, -0.2) is 43.2 Å². The summed E-state index contributed by atoms with van der Waals surface area (Å²) >= 11 is 0. The second kappa shape index (κ2) is 6.70. The van der Waals surface area contributed by atoms with Gasteiger partial charge in [-0.2, -0.15) is 0 Å². The molecule has 1 atom stereocenters. The van der Waals surface area contributed by atoms with Gasteiger partial charge in [0.15, 0.2) is 0 Å². The van der Waals surface area contributed by atoms with Crippen LogP contribution in [0.5, 0.6) is 5.75 Å². The number of likely N-dealkylation sites (tertiary alicyclic amines) is 1. The van der Waals surface area contributed by atoms with Crippen molar-refractivity contribution in [2.75, 3.05) is 33.3 Å². The van der Waals surface area contributed by atoms with Gasteiger partial charge in [-0.25, -0.2) is 0 Å². The summed E-state index contributed by atoms with van der Waals surface area (Å²) in [5.41, 5.74) is 5.60. The summed E-state index contributed by atoms with van der Waals surface area (Å²) in [5.74, 6) is 0.938. The topological polar surface area (TPSA) is 40.3 Å². The van der Waals surface area contributed by atoms with Gasteiger partial charge in [-0.1, -0.05) is 30.3 Å². The lowest BCUT2D eigenvalue weighted by molar-refractivity contribution is 0.272. The number of nitrogens with one attached hydrogen (secondary N) is 2. The molecule has 0 radical (unpaired) electrons. The minimum Gasteiger partial charge on any atom is -0.497 e. The van der Waals surface area contributed by atoms with Crippen LogP contribution in [0.3, 0.4) is 0 Å². The van der Waals surface area contributed by atoms with Gasteiger partial charge in [0.1, 0.15) is 5.75 Å². The predicted molar refractivity (Wildman–Crippen MR) is 109 cm³/mol. The van der Waals surface area contributed by atoms with E-state index in [9.17, 15) is 0 Å². The number of aromatic amines is 1. The van der Waals surface area contributed by atoms with E-state index in [-0.39, 0.29) is 5.54 Å². The Labute approximate surface area is 160 Å². The normalized spacial score (nSPS) is 22.4. The molecule has 2 N–H and O–H groups in total. The number of benzene rings is 2. The fourth-order valence-electron chi connectivity index (χ4n) is 4.90. The SMILES string of the molecule is COc1ccc2[nH]c3c(c2c1)CCNC31CCN(CCc2ccccc2)C1. The predicted octanol–water partition coefficient (Wildman–Crippen LogP) is 3.47. The Morgan fingerprint density at radius 3 is 2.89 bits per heavy atom. The van der Waals surface area contributed by atoms with Crippen molar-refractivity contribution in [3.05, 3.63) is 65.4 Å². The summed E-state index contributed by atoms with van der Waals surface area (Å²) in [4.78, 5) is 6.36. The molecular formula is C23H27N3O. The van der Waals surface area contributed by atoms with Gasteiger partial charge >= 0.3 is 0 Å². The molecule has 1 fully saturated rings. The van der Waals surface area contributed by atoms with E-state index in [4.69, 9.17) is 4.74 Å². The minimum absolute atomic E-state index is 0.0660. The van der Waals surface area contributed by atoms with E-state index >= 15 is 0 Å². The Morgan fingerprint density at radius 1 is 1.15 bits per heavy atom. The number of hydrogen-bond acceptors (Lipinski definition) is 3. The van der Waals surface area contributed by atoms with Crippen LogP contribution in [0.1, 0.15) is 23.2 Å². The highest BCUT2D eigenvalue weighted by Gasteiger charge is 2.43. The van der Waals surface area contributed by atoms with E-state index in [1.807, 2.05) is 6.07 Å². The van der Waals surface area contributed by atoms with Crippen LogP contribution in [0.2, 0.25) is 0 Å². The number of fused-ring (bicyclic) bond motifs is 4. The van der Waals surface area contributed by atoms with Crippen LogP contribution in [0.4, 0.5) is 0 Å². The molecule has 2 aromatic carbocycles. The van der Waals surface area contributed by atoms with Crippen LogP contribution in [0, 0.1) is 0 Å². The lowest BCUT2D eigenvalue weighted by atomic mass is 9.86. The third-order valence-electron chi connectivity index (χ3n) is 6.34. The number of H-pyrrole nitrogens is 1. The average Bonchev–Trinajstić information content (AvgIpc) is 3.30. The molecule has 4 nitrogen and oxygen atoms in total. The molecule has 5 rings (SSSR count). The molecular weight excluding hydrogens is 334 g/mol. The highest BCUT2D eigenvalue weighted by atomic mass is 16.5. The summed E-state index contributed by atoms with van der Waals surface area (Å²) in [7, 11) is 1.74. The molecule has 0 saturated carbocycles. The number of ether oxygens (including phenoxy) is 1. The molecule has 140 valence electrons. The van der Waals surface area contributed by atoms with Crippen LogP contribution >= 0.6 is 0 Å². The van der Waals surface area contributed by atoms with E-state index in [1.54, 1.807) is 7.11 Å². The highest BCUT2D eigenvalue weighted by Crippen LogP contribution is 2.40. The van der Waals surface area contributed by atoms with Crippen LogP contribution < -0.4 is 10.1 Å². The number of rotatable bonds is 4. The fraction of sp³-hybridized carbons (Fsp3) is 0.391. The maximum absolute atomic E-state index is 5.45. The Balaban J connectivity index is 1.40. The van der Waals surface area contributed by atoms with Crippen molar-refractivity contribution >= 4 is 10.9 Å². The van der Waals surface area contributed by atoms with Crippen molar-refractivity contribution in [3.63, 3.8) is 0 Å². The van der Waals surface area contributed by atoms with Gasteiger partial charge in [0, 0.05) is 42.8 Å². The van der Waals surface area contributed by atoms with Crippen molar-refractivity contribution in [2.24, 2.45) is 0 Å². The van der Waals surface area contributed by atoms with E-state index in [2.05, 4.69) is 57.7 Å². The number of nitrogens with zero attached hydrogens (tertiary/aromatic N) is 1. The second-order valence-corrected chi connectivity index (χ2v) is 7.91. The molecule has 1 saturated heterocycles. The van der Waals surface area contributed by atoms with Crippen molar-refractivity contribution in [3.8, 4) is 5.75 Å². The molecule has 27 heavy (non-hydrogen) atoms. The summed E-state index contributed by atoms with van der Waals surface area (Å²) in [6, 6.07) is 17.2. The Hall–Kier alpha value is -2.30. The van der Waals surface area contributed by atoms with Crippen LogP contribution in [0.15, 0.2) is 48.5 Å². The van der Waals surface area contributed by atoms with Crippen LogP contribution in [-0.2, 0) is 18.4 Å². The minimum atomic E-state index is 0.0660. The molecule has 2 aliphatic heterocycles. The zero-order valence-corrected chi connectivity index (χ0v) is 15.9. The van der Waals surface area contributed by atoms with Gasteiger partial charge in [-0.3, -0.25) is 0 Å². The number of methoxy groups -OCH3 is 1. The standard InChI is InChI=1S/C23H27N3O/c1-27-18-7-8-21-20(15-18)19-9-12-24-23(22(19)25-21)11-14-26(16-23)13-10-17-5-3-2-4-6-17/h2-8,15,24-25H,9-14,16H2,1H3. The maximum Gasteiger partial charge on any atom is 0.119 e. The second-order valence-electron chi connectivity index (χ2n) is 7.91. The lowest BCUT2D eigenvalue weighted by Crippen LogP contribution is -2.49. The first-order valence-electron chi connectivity index (χ1n) is 9.98. The smallest absolute Gasteiger partial charge is 0.119 e. The van der Waals surface area contributed by atoms with Crippen molar-refractivity contribution in [1.82, 2.24) is 15.2 Å². The lowest BCUT2D eigenvalue weighted by Gasteiger charge is -2.35. The van der Waals surface area contributed by atoms with Gasteiger partial charge < -0.3 is 19.9 Å². The Morgan fingerprint density at radius 2 is 2.04 bits per heavy atom. The first kappa shape index (κ1) is 16.8. The molecule has 3 aromatic rings. The van der Waals surface area contributed by atoms with Gasteiger partial charge in [-0.15, -0.1) is 0 Å². The molecule has 0 amide bonds. The quantitative estimate of drug-likeness (QED) is 0.748. The monoisotopic (exact) mass is 361 g/mol. The van der Waals surface area contributed by atoms with Gasteiger partial charge in [0.2, 0.25) is 0 Å². The molecule has 0 aliphatic carbocycles. The molecule has 2 aliphatic rings.